The Morgan fingerprint density at radius 1 is 1.53 bits per heavy atom. The van der Waals surface area contributed by atoms with Crippen LogP contribution in [0.4, 0.5) is 0 Å². The third-order valence-electron chi connectivity index (χ3n) is 2.31. The average molecular weight is 229 g/mol. The Bertz CT molecular complexity index is 388. The lowest BCUT2D eigenvalue weighted by atomic mass is 9.98. The van der Waals surface area contributed by atoms with Crippen LogP contribution in [0.1, 0.15) is 24.0 Å². The summed E-state index contributed by atoms with van der Waals surface area (Å²) in [5.74, 6) is -0.929. The number of rotatable bonds is 3. The van der Waals surface area contributed by atoms with Crippen LogP contribution in [0.15, 0.2) is 12.1 Å². The fourth-order valence-corrected chi connectivity index (χ4v) is 1.77. The second-order valence-electron chi connectivity index (χ2n) is 3.41. The van der Waals surface area contributed by atoms with Crippen molar-refractivity contribution in [3.05, 3.63) is 28.3 Å². The smallest absolute Gasteiger partial charge is 0.310 e. The van der Waals surface area contributed by atoms with Crippen molar-refractivity contribution in [3.8, 4) is 5.75 Å². The highest BCUT2D eigenvalue weighted by Gasteiger charge is 2.20. The lowest BCUT2D eigenvalue weighted by molar-refractivity contribution is -0.138. The molecule has 0 aromatic heterocycles. The highest BCUT2D eigenvalue weighted by atomic mass is 35.5. The first kappa shape index (κ1) is 11.9. The Hall–Kier alpha value is -1.22. The standard InChI is InChI=1S/C11H13ClO3/c1-6-4-8(12)5-9(10(6)15-3)7(2)11(13)14/h4-5,7H,1-3H3,(H,13,14). The number of aryl methyl sites for hydroxylation is 1. The fourth-order valence-electron chi connectivity index (χ4n) is 1.49. The zero-order chi connectivity index (χ0) is 11.6. The van der Waals surface area contributed by atoms with Gasteiger partial charge in [-0.15, -0.1) is 0 Å². The predicted molar refractivity (Wildman–Crippen MR) is 58.8 cm³/mol. The Morgan fingerprint density at radius 3 is 2.60 bits per heavy atom. The summed E-state index contributed by atoms with van der Waals surface area (Å²) >= 11 is 5.88. The van der Waals surface area contributed by atoms with Gasteiger partial charge in [-0.3, -0.25) is 4.79 Å². The van der Waals surface area contributed by atoms with E-state index in [2.05, 4.69) is 0 Å². The van der Waals surface area contributed by atoms with Crippen molar-refractivity contribution >= 4 is 17.6 Å². The molecule has 0 saturated carbocycles. The number of halogens is 1. The monoisotopic (exact) mass is 228 g/mol. The second-order valence-corrected chi connectivity index (χ2v) is 3.84. The Morgan fingerprint density at radius 2 is 2.13 bits per heavy atom. The normalized spacial score (nSPS) is 12.3. The highest BCUT2D eigenvalue weighted by molar-refractivity contribution is 6.30. The Balaban J connectivity index is 3.32. The number of ether oxygens (including phenoxy) is 1. The van der Waals surface area contributed by atoms with Gasteiger partial charge in [0.15, 0.2) is 0 Å². The topological polar surface area (TPSA) is 46.5 Å². The molecule has 0 aliphatic heterocycles. The molecule has 0 fully saturated rings. The molecule has 0 radical (unpaired) electrons. The molecule has 4 heteroatoms. The van der Waals surface area contributed by atoms with Crippen LogP contribution in [0, 0.1) is 6.92 Å². The first-order chi connectivity index (χ1) is 6.97. The SMILES string of the molecule is COc1c(C)cc(Cl)cc1C(C)C(=O)O. The van der Waals surface area contributed by atoms with Gasteiger partial charge in [-0.2, -0.15) is 0 Å². The molecule has 1 unspecified atom stereocenters. The Labute approximate surface area is 93.6 Å². The number of benzene rings is 1. The van der Waals surface area contributed by atoms with E-state index in [1.165, 1.54) is 7.11 Å². The third-order valence-corrected chi connectivity index (χ3v) is 2.53. The summed E-state index contributed by atoms with van der Waals surface area (Å²) in [6.07, 6.45) is 0. The van der Waals surface area contributed by atoms with Gasteiger partial charge in [-0.1, -0.05) is 11.6 Å². The molecular formula is C11H13ClO3. The zero-order valence-corrected chi connectivity index (χ0v) is 9.63. The van der Waals surface area contributed by atoms with Crippen LogP contribution < -0.4 is 4.74 Å². The second kappa shape index (κ2) is 4.53. The maximum Gasteiger partial charge on any atom is 0.310 e. The molecule has 0 bridgehead atoms. The van der Waals surface area contributed by atoms with Crippen molar-refractivity contribution in [2.24, 2.45) is 0 Å². The molecule has 1 N–H and O–H groups in total. The van der Waals surface area contributed by atoms with Gasteiger partial charge >= 0.3 is 5.97 Å². The van der Waals surface area contributed by atoms with E-state index in [1.54, 1.807) is 19.1 Å². The number of carboxylic acid groups (broad SMARTS) is 1. The molecule has 0 amide bonds. The number of hydrogen-bond acceptors (Lipinski definition) is 2. The van der Waals surface area contributed by atoms with Crippen LogP contribution in [-0.2, 0) is 4.79 Å². The molecule has 0 spiro atoms. The van der Waals surface area contributed by atoms with Crippen LogP contribution in [0.25, 0.3) is 0 Å². The maximum atomic E-state index is 10.9. The van der Waals surface area contributed by atoms with E-state index < -0.39 is 11.9 Å². The zero-order valence-electron chi connectivity index (χ0n) is 8.87. The number of carbonyl (C=O) groups is 1. The molecule has 0 heterocycles. The summed E-state index contributed by atoms with van der Waals surface area (Å²) in [6, 6.07) is 3.38. The first-order valence-corrected chi connectivity index (χ1v) is 4.92. The first-order valence-electron chi connectivity index (χ1n) is 4.54. The number of carboxylic acids is 1. The van der Waals surface area contributed by atoms with E-state index in [-0.39, 0.29) is 0 Å². The van der Waals surface area contributed by atoms with Crippen molar-refractivity contribution in [1.29, 1.82) is 0 Å². The van der Waals surface area contributed by atoms with E-state index in [4.69, 9.17) is 21.4 Å². The van der Waals surface area contributed by atoms with Crippen molar-refractivity contribution < 1.29 is 14.6 Å². The number of hydrogen-bond donors (Lipinski definition) is 1. The van der Waals surface area contributed by atoms with Crippen LogP contribution >= 0.6 is 11.6 Å². The summed E-state index contributed by atoms with van der Waals surface area (Å²) in [6.45, 7) is 3.44. The number of aliphatic carboxylic acids is 1. The van der Waals surface area contributed by atoms with Gasteiger partial charge in [0.05, 0.1) is 13.0 Å². The van der Waals surface area contributed by atoms with Gasteiger partial charge in [0.25, 0.3) is 0 Å². The van der Waals surface area contributed by atoms with Crippen molar-refractivity contribution in [2.45, 2.75) is 19.8 Å². The molecule has 82 valence electrons. The van der Waals surface area contributed by atoms with E-state index >= 15 is 0 Å². The van der Waals surface area contributed by atoms with Gasteiger partial charge in [-0.05, 0) is 31.5 Å². The molecule has 15 heavy (non-hydrogen) atoms. The average Bonchev–Trinajstić information content (AvgIpc) is 2.15. The van der Waals surface area contributed by atoms with E-state index in [1.807, 2.05) is 6.92 Å². The third kappa shape index (κ3) is 2.42. The maximum absolute atomic E-state index is 10.9. The quantitative estimate of drug-likeness (QED) is 0.865. The molecule has 1 rings (SSSR count). The van der Waals surface area contributed by atoms with E-state index in [0.29, 0.717) is 16.3 Å². The van der Waals surface area contributed by atoms with Crippen LogP contribution in [0.2, 0.25) is 5.02 Å². The van der Waals surface area contributed by atoms with Crippen LogP contribution in [0.5, 0.6) is 5.75 Å². The molecule has 1 aromatic rings. The summed E-state index contributed by atoms with van der Waals surface area (Å²) in [4.78, 5) is 10.9. The Kier molecular flexibility index (Phi) is 3.58. The van der Waals surface area contributed by atoms with Gasteiger partial charge in [0.1, 0.15) is 5.75 Å². The molecule has 1 aromatic carbocycles. The molecule has 1 atom stereocenters. The molecule has 0 saturated heterocycles. The van der Waals surface area contributed by atoms with Crippen LogP contribution in [0.3, 0.4) is 0 Å². The van der Waals surface area contributed by atoms with Crippen molar-refractivity contribution in [2.75, 3.05) is 7.11 Å². The van der Waals surface area contributed by atoms with Crippen LogP contribution in [-0.4, -0.2) is 18.2 Å². The van der Waals surface area contributed by atoms with E-state index in [0.717, 1.165) is 5.56 Å². The van der Waals surface area contributed by atoms with Gasteiger partial charge < -0.3 is 9.84 Å². The van der Waals surface area contributed by atoms with Crippen molar-refractivity contribution in [1.82, 2.24) is 0 Å². The van der Waals surface area contributed by atoms with Gasteiger partial charge in [-0.25, -0.2) is 0 Å². The largest absolute Gasteiger partial charge is 0.496 e. The number of methoxy groups -OCH3 is 1. The summed E-state index contributed by atoms with van der Waals surface area (Å²) in [5, 5.41) is 9.46. The summed E-state index contributed by atoms with van der Waals surface area (Å²) in [5.41, 5.74) is 1.45. The summed E-state index contributed by atoms with van der Waals surface area (Å²) < 4.78 is 5.18. The molecular weight excluding hydrogens is 216 g/mol. The minimum atomic E-state index is -0.894. The minimum Gasteiger partial charge on any atom is -0.496 e. The van der Waals surface area contributed by atoms with Crippen molar-refractivity contribution in [3.63, 3.8) is 0 Å². The molecule has 0 aliphatic carbocycles. The molecule has 0 aliphatic rings. The highest BCUT2D eigenvalue weighted by Crippen LogP contribution is 2.32. The van der Waals surface area contributed by atoms with Gasteiger partial charge in [0.2, 0.25) is 0 Å². The van der Waals surface area contributed by atoms with E-state index in [9.17, 15) is 4.79 Å². The minimum absolute atomic E-state index is 0.524. The lowest BCUT2D eigenvalue weighted by Crippen LogP contribution is -2.09. The molecule has 3 nitrogen and oxygen atoms in total. The predicted octanol–water partition coefficient (Wildman–Crippen LogP) is 2.85. The lowest BCUT2D eigenvalue weighted by Gasteiger charge is -2.14. The fraction of sp³-hybridized carbons (Fsp3) is 0.364. The van der Waals surface area contributed by atoms with Gasteiger partial charge in [0, 0.05) is 10.6 Å². The summed E-state index contributed by atoms with van der Waals surface area (Å²) in [7, 11) is 1.52.